The van der Waals surface area contributed by atoms with E-state index in [0.717, 1.165) is 16.5 Å². The van der Waals surface area contributed by atoms with E-state index in [1.807, 2.05) is 18.2 Å². The third-order valence-corrected chi connectivity index (χ3v) is 6.84. The molecule has 4 rings (SSSR count). The first kappa shape index (κ1) is 17.8. The molecule has 3 aromatic rings. The number of sulfonamides is 1. The van der Waals surface area contributed by atoms with Crippen LogP contribution in [0, 0.1) is 0 Å². The van der Waals surface area contributed by atoms with Crippen LogP contribution < -0.4 is 9.47 Å². The van der Waals surface area contributed by atoms with E-state index in [0.29, 0.717) is 41.3 Å². The largest absolute Gasteiger partial charge is 0.493 e. The predicted molar refractivity (Wildman–Crippen MR) is 103 cm³/mol. The zero-order chi connectivity index (χ0) is 19.0. The maximum Gasteiger partial charge on any atom is 0.244 e. The Morgan fingerprint density at radius 2 is 1.78 bits per heavy atom. The quantitative estimate of drug-likeness (QED) is 0.692. The van der Waals surface area contributed by atoms with Gasteiger partial charge in [0.15, 0.2) is 11.5 Å². The second kappa shape index (κ2) is 6.83. The summed E-state index contributed by atoms with van der Waals surface area (Å²) in [6, 6.07) is 10.8. The SMILES string of the molecule is COc1cc2c(cc1OC)CN(S(=O)(=O)c1cccc3cnccc13)CC2. The third-order valence-electron chi connectivity index (χ3n) is 4.94. The summed E-state index contributed by atoms with van der Waals surface area (Å²) in [6.45, 7) is 0.728. The Morgan fingerprint density at radius 3 is 2.52 bits per heavy atom. The summed E-state index contributed by atoms with van der Waals surface area (Å²) >= 11 is 0. The molecule has 1 aliphatic rings. The molecule has 6 nitrogen and oxygen atoms in total. The number of rotatable bonds is 4. The maximum atomic E-state index is 13.3. The van der Waals surface area contributed by atoms with Gasteiger partial charge in [-0.25, -0.2) is 8.42 Å². The van der Waals surface area contributed by atoms with Gasteiger partial charge in [-0.15, -0.1) is 0 Å². The maximum absolute atomic E-state index is 13.3. The predicted octanol–water partition coefficient (Wildman–Crippen LogP) is 3.00. The number of hydrogen-bond donors (Lipinski definition) is 0. The molecule has 0 atom stereocenters. The number of fused-ring (bicyclic) bond motifs is 2. The molecule has 0 radical (unpaired) electrons. The number of benzene rings is 2. The number of ether oxygens (including phenoxy) is 2. The van der Waals surface area contributed by atoms with E-state index in [4.69, 9.17) is 9.47 Å². The van der Waals surface area contributed by atoms with E-state index >= 15 is 0 Å². The van der Waals surface area contributed by atoms with Crippen molar-refractivity contribution in [3.05, 3.63) is 59.9 Å². The molecule has 27 heavy (non-hydrogen) atoms. The summed E-state index contributed by atoms with van der Waals surface area (Å²) in [6.07, 6.45) is 3.92. The normalized spacial score (nSPS) is 14.7. The number of aromatic nitrogens is 1. The van der Waals surface area contributed by atoms with Crippen LogP contribution in [-0.4, -0.2) is 38.5 Å². The third kappa shape index (κ3) is 3.02. The fourth-order valence-electron chi connectivity index (χ4n) is 3.52. The number of pyridine rings is 1. The van der Waals surface area contributed by atoms with Gasteiger partial charge >= 0.3 is 0 Å². The molecule has 0 saturated carbocycles. The van der Waals surface area contributed by atoms with Crippen molar-refractivity contribution in [3.8, 4) is 11.5 Å². The summed E-state index contributed by atoms with van der Waals surface area (Å²) in [5.74, 6) is 1.26. The summed E-state index contributed by atoms with van der Waals surface area (Å²) in [5, 5.41) is 1.49. The highest BCUT2D eigenvalue weighted by atomic mass is 32.2. The first-order valence-corrected chi connectivity index (χ1v) is 10.1. The van der Waals surface area contributed by atoms with Crippen molar-refractivity contribution < 1.29 is 17.9 Å². The highest BCUT2D eigenvalue weighted by Crippen LogP contribution is 2.35. The molecule has 140 valence electrons. The van der Waals surface area contributed by atoms with Gasteiger partial charge in [0.25, 0.3) is 0 Å². The van der Waals surface area contributed by atoms with Crippen molar-refractivity contribution in [1.82, 2.24) is 9.29 Å². The topological polar surface area (TPSA) is 68.7 Å². The lowest BCUT2D eigenvalue weighted by Crippen LogP contribution is -2.36. The van der Waals surface area contributed by atoms with Crippen molar-refractivity contribution in [2.75, 3.05) is 20.8 Å². The molecule has 2 heterocycles. The van der Waals surface area contributed by atoms with E-state index in [9.17, 15) is 8.42 Å². The molecule has 1 aromatic heterocycles. The number of nitrogens with zero attached hydrogens (tertiary/aromatic N) is 2. The Morgan fingerprint density at radius 1 is 1.04 bits per heavy atom. The van der Waals surface area contributed by atoms with Crippen molar-refractivity contribution in [2.45, 2.75) is 17.9 Å². The summed E-state index contributed by atoms with van der Waals surface area (Å²) in [5.41, 5.74) is 2.02. The van der Waals surface area contributed by atoms with Crippen LogP contribution >= 0.6 is 0 Å². The van der Waals surface area contributed by atoms with Gasteiger partial charge in [0.05, 0.1) is 19.1 Å². The minimum absolute atomic E-state index is 0.305. The molecule has 7 heteroatoms. The molecule has 2 aromatic carbocycles. The van der Waals surface area contributed by atoms with Gasteiger partial charge in [-0.3, -0.25) is 4.98 Å². The fraction of sp³-hybridized carbons (Fsp3) is 0.250. The zero-order valence-electron chi connectivity index (χ0n) is 15.2. The van der Waals surface area contributed by atoms with Gasteiger partial charge in [0, 0.05) is 36.3 Å². The lowest BCUT2D eigenvalue weighted by Gasteiger charge is -2.29. The van der Waals surface area contributed by atoms with Crippen molar-refractivity contribution >= 4 is 20.8 Å². The van der Waals surface area contributed by atoms with Gasteiger partial charge in [0.2, 0.25) is 10.0 Å². The summed E-state index contributed by atoms with van der Waals surface area (Å²) in [7, 11) is -0.462. The van der Waals surface area contributed by atoms with E-state index in [1.54, 1.807) is 44.8 Å². The van der Waals surface area contributed by atoms with Crippen molar-refractivity contribution in [3.63, 3.8) is 0 Å². The minimum Gasteiger partial charge on any atom is -0.493 e. The lowest BCUT2D eigenvalue weighted by molar-refractivity contribution is 0.348. The molecular weight excluding hydrogens is 364 g/mol. The van der Waals surface area contributed by atoms with Crippen molar-refractivity contribution in [2.24, 2.45) is 0 Å². The fourth-order valence-corrected chi connectivity index (χ4v) is 5.15. The highest BCUT2D eigenvalue weighted by Gasteiger charge is 2.30. The second-order valence-electron chi connectivity index (χ2n) is 6.42. The number of methoxy groups -OCH3 is 2. The smallest absolute Gasteiger partial charge is 0.244 e. The van der Waals surface area contributed by atoms with Crippen LogP contribution in [0.2, 0.25) is 0 Å². The zero-order valence-corrected chi connectivity index (χ0v) is 16.0. The lowest BCUT2D eigenvalue weighted by atomic mass is 10.0. The van der Waals surface area contributed by atoms with Gasteiger partial charge in [-0.2, -0.15) is 4.31 Å². The first-order valence-electron chi connectivity index (χ1n) is 8.61. The molecule has 0 fully saturated rings. The average Bonchev–Trinajstić information content (AvgIpc) is 2.71. The van der Waals surface area contributed by atoms with Crippen LogP contribution in [-0.2, 0) is 23.0 Å². The Bertz CT molecular complexity index is 1110. The van der Waals surface area contributed by atoms with Gasteiger partial charge < -0.3 is 9.47 Å². The molecule has 0 amide bonds. The van der Waals surface area contributed by atoms with Crippen LogP contribution in [0.15, 0.2) is 53.7 Å². The number of hydrogen-bond acceptors (Lipinski definition) is 5. The second-order valence-corrected chi connectivity index (χ2v) is 8.32. The van der Waals surface area contributed by atoms with Gasteiger partial charge in [-0.05, 0) is 41.8 Å². The monoisotopic (exact) mass is 384 g/mol. The van der Waals surface area contributed by atoms with Crippen LogP contribution in [0.4, 0.5) is 0 Å². The first-order chi connectivity index (χ1) is 13.0. The summed E-state index contributed by atoms with van der Waals surface area (Å²) in [4.78, 5) is 4.39. The average molecular weight is 384 g/mol. The van der Waals surface area contributed by atoms with Gasteiger partial charge in [0.1, 0.15) is 0 Å². The molecule has 1 aliphatic heterocycles. The van der Waals surface area contributed by atoms with E-state index in [-0.39, 0.29) is 0 Å². The molecular formula is C20H20N2O4S. The molecule has 0 saturated heterocycles. The highest BCUT2D eigenvalue weighted by molar-refractivity contribution is 7.89. The molecule has 0 bridgehead atoms. The van der Waals surface area contributed by atoms with E-state index < -0.39 is 10.0 Å². The molecule has 0 spiro atoms. The van der Waals surface area contributed by atoms with E-state index in [2.05, 4.69) is 4.98 Å². The Hall–Kier alpha value is -2.64. The molecule has 0 aliphatic carbocycles. The molecule has 0 N–H and O–H groups in total. The standard InChI is InChI=1S/C20H20N2O4S/c1-25-18-10-14-7-9-22(13-16(14)11-19(18)26-2)27(23,24)20-5-3-4-15-12-21-8-6-17(15)20/h3-6,8,10-12H,7,9,13H2,1-2H3. The van der Waals surface area contributed by atoms with E-state index in [1.165, 1.54) is 4.31 Å². The Labute approximate surface area is 158 Å². The minimum atomic E-state index is -3.63. The van der Waals surface area contributed by atoms with Crippen LogP contribution in [0.5, 0.6) is 11.5 Å². The van der Waals surface area contributed by atoms with Gasteiger partial charge in [-0.1, -0.05) is 12.1 Å². The van der Waals surface area contributed by atoms with Crippen LogP contribution in [0.25, 0.3) is 10.8 Å². The summed E-state index contributed by atoms with van der Waals surface area (Å²) < 4.78 is 38.9. The molecule has 0 unspecified atom stereocenters. The van der Waals surface area contributed by atoms with Crippen LogP contribution in [0.3, 0.4) is 0 Å². The van der Waals surface area contributed by atoms with Crippen LogP contribution in [0.1, 0.15) is 11.1 Å². The van der Waals surface area contributed by atoms with Crippen molar-refractivity contribution in [1.29, 1.82) is 0 Å². The Kier molecular flexibility index (Phi) is 4.49. The Balaban J connectivity index is 1.74.